The molecular weight excluding hydrogens is 220 g/mol. The molecule has 0 aromatic carbocycles. The molecule has 1 aromatic rings. The summed E-state index contributed by atoms with van der Waals surface area (Å²) in [5, 5.41) is 2.81. The predicted molar refractivity (Wildman–Crippen MR) is 64.4 cm³/mol. The van der Waals surface area contributed by atoms with Crippen molar-refractivity contribution in [1.82, 2.24) is 15.3 Å². The van der Waals surface area contributed by atoms with Crippen LogP contribution in [0.3, 0.4) is 0 Å². The van der Waals surface area contributed by atoms with Gasteiger partial charge in [0.15, 0.2) is 0 Å². The van der Waals surface area contributed by atoms with Gasteiger partial charge in [0.25, 0.3) is 0 Å². The van der Waals surface area contributed by atoms with E-state index in [4.69, 9.17) is 5.84 Å². The molecule has 7 heteroatoms. The third-order valence-corrected chi connectivity index (χ3v) is 2.76. The molecule has 1 unspecified atom stereocenters. The summed E-state index contributed by atoms with van der Waals surface area (Å²) < 4.78 is 0. The van der Waals surface area contributed by atoms with Crippen molar-refractivity contribution in [3.05, 3.63) is 11.8 Å². The summed E-state index contributed by atoms with van der Waals surface area (Å²) >= 11 is 0. The second-order valence-corrected chi connectivity index (χ2v) is 4.00. The molecule has 1 amide bonds. The molecule has 0 aliphatic carbocycles. The predicted octanol–water partition coefficient (Wildman–Crippen LogP) is -0.605. The summed E-state index contributed by atoms with van der Waals surface area (Å²) in [7, 11) is 0. The number of nitrogens with zero attached hydrogens (tertiary/aromatic N) is 3. The van der Waals surface area contributed by atoms with Crippen LogP contribution in [0.25, 0.3) is 0 Å². The van der Waals surface area contributed by atoms with Gasteiger partial charge in [-0.3, -0.25) is 10.2 Å². The van der Waals surface area contributed by atoms with E-state index in [0.29, 0.717) is 18.3 Å². The van der Waals surface area contributed by atoms with Crippen molar-refractivity contribution in [2.75, 3.05) is 23.4 Å². The van der Waals surface area contributed by atoms with Crippen LogP contribution >= 0.6 is 0 Å². The molecule has 0 spiro atoms. The minimum atomic E-state index is -0.233. The SMILES string of the molecule is Cc1cc(N2CCNC(=O)C2C)nc(NN)n1. The normalized spacial score (nSPS) is 20.1. The molecule has 2 heterocycles. The number of rotatable bonds is 2. The van der Waals surface area contributed by atoms with Crippen molar-refractivity contribution in [3.8, 4) is 0 Å². The van der Waals surface area contributed by atoms with Crippen molar-refractivity contribution in [2.45, 2.75) is 19.9 Å². The van der Waals surface area contributed by atoms with Gasteiger partial charge in [-0.25, -0.2) is 10.8 Å². The lowest BCUT2D eigenvalue weighted by Crippen LogP contribution is -2.54. The molecule has 0 bridgehead atoms. The minimum absolute atomic E-state index is 0.00905. The van der Waals surface area contributed by atoms with Crippen LogP contribution in [0.4, 0.5) is 11.8 Å². The van der Waals surface area contributed by atoms with Gasteiger partial charge in [0.05, 0.1) is 0 Å². The number of hydrazine groups is 1. The van der Waals surface area contributed by atoms with Crippen LogP contribution in [-0.2, 0) is 4.79 Å². The first-order valence-electron chi connectivity index (χ1n) is 5.48. The molecule has 2 rings (SSSR count). The average Bonchev–Trinajstić information content (AvgIpc) is 2.31. The van der Waals surface area contributed by atoms with E-state index >= 15 is 0 Å². The zero-order chi connectivity index (χ0) is 12.4. The van der Waals surface area contributed by atoms with Crippen LogP contribution in [0, 0.1) is 6.92 Å². The van der Waals surface area contributed by atoms with E-state index in [1.54, 1.807) is 0 Å². The number of aryl methyl sites for hydroxylation is 1. The van der Waals surface area contributed by atoms with Crippen molar-refractivity contribution in [2.24, 2.45) is 5.84 Å². The molecule has 1 aromatic heterocycles. The van der Waals surface area contributed by atoms with Crippen LogP contribution < -0.4 is 21.5 Å². The van der Waals surface area contributed by atoms with E-state index in [9.17, 15) is 4.79 Å². The van der Waals surface area contributed by atoms with Crippen LogP contribution in [-0.4, -0.2) is 35.0 Å². The van der Waals surface area contributed by atoms with Crippen molar-refractivity contribution >= 4 is 17.7 Å². The Hall–Kier alpha value is -1.89. The van der Waals surface area contributed by atoms with Crippen molar-refractivity contribution < 1.29 is 4.79 Å². The largest absolute Gasteiger partial charge is 0.353 e. The topological polar surface area (TPSA) is 96.2 Å². The fraction of sp³-hybridized carbons (Fsp3) is 0.500. The number of carbonyl (C=O) groups is 1. The lowest BCUT2D eigenvalue weighted by atomic mass is 10.2. The van der Waals surface area contributed by atoms with Gasteiger partial charge in [0.2, 0.25) is 11.9 Å². The molecule has 4 N–H and O–H groups in total. The van der Waals surface area contributed by atoms with Crippen LogP contribution in [0.5, 0.6) is 0 Å². The number of aromatic nitrogens is 2. The smallest absolute Gasteiger partial charge is 0.242 e. The molecule has 0 radical (unpaired) electrons. The number of hydrogen-bond acceptors (Lipinski definition) is 6. The van der Waals surface area contributed by atoms with E-state index in [-0.39, 0.29) is 11.9 Å². The first kappa shape index (κ1) is 11.6. The van der Waals surface area contributed by atoms with Crippen LogP contribution in [0.15, 0.2) is 6.07 Å². The molecule has 17 heavy (non-hydrogen) atoms. The van der Waals surface area contributed by atoms with Gasteiger partial charge in [-0.1, -0.05) is 0 Å². The first-order valence-corrected chi connectivity index (χ1v) is 5.48. The zero-order valence-corrected chi connectivity index (χ0v) is 9.90. The number of nitrogen functional groups attached to an aromatic ring is 1. The molecule has 1 aliphatic rings. The maximum atomic E-state index is 11.6. The lowest BCUT2D eigenvalue weighted by molar-refractivity contribution is -0.122. The van der Waals surface area contributed by atoms with Crippen molar-refractivity contribution in [3.63, 3.8) is 0 Å². The standard InChI is InChI=1S/C10H16N6O/c1-6-5-8(14-10(13-6)15-11)16-4-3-12-9(17)7(16)2/h5,7H,3-4,11H2,1-2H3,(H,12,17)(H,13,14,15). The molecule has 92 valence electrons. The Morgan fingerprint density at radius 1 is 1.59 bits per heavy atom. The highest BCUT2D eigenvalue weighted by molar-refractivity contribution is 5.85. The van der Waals surface area contributed by atoms with Gasteiger partial charge in [0, 0.05) is 24.8 Å². The Morgan fingerprint density at radius 3 is 3.06 bits per heavy atom. The summed E-state index contributed by atoms with van der Waals surface area (Å²) in [6, 6.07) is 1.61. The molecular formula is C10H16N6O. The Morgan fingerprint density at radius 2 is 2.35 bits per heavy atom. The number of hydrogen-bond donors (Lipinski definition) is 3. The molecule has 0 saturated carbocycles. The Kier molecular flexibility index (Phi) is 3.10. The highest BCUT2D eigenvalue weighted by atomic mass is 16.2. The Balaban J connectivity index is 2.32. The highest BCUT2D eigenvalue weighted by Gasteiger charge is 2.26. The van der Waals surface area contributed by atoms with Crippen LogP contribution in [0.2, 0.25) is 0 Å². The summed E-state index contributed by atoms with van der Waals surface area (Å²) in [6.45, 7) is 5.06. The number of anilines is 2. The molecule has 1 saturated heterocycles. The number of carbonyl (C=O) groups excluding carboxylic acids is 1. The van der Waals surface area contributed by atoms with Gasteiger partial charge in [0.1, 0.15) is 11.9 Å². The zero-order valence-electron chi connectivity index (χ0n) is 9.90. The number of amides is 1. The van der Waals surface area contributed by atoms with Gasteiger partial charge < -0.3 is 10.2 Å². The third kappa shape index (κ3) is 2.28. The van der Waals surface area contributed by atoms with Gasteiger partial charge in [-0.15, -0.1) is 0 Å². The Labute approximate surface area is 99.4 Å². The Bertz CT molecular complexity index is 435. The third-order valence-electron chi connectivity index (χ3n) is 2.76. The van der Waals surface area contributed by atoms with E-state index in [0.717, 1.165) is 12.2 Å². The summed E-state index contributed by atoms with van der Waals surface area (Å²) in [5.74, 6) is 6.39. The van der Waals surface area contributed by atoms with E-state index in [2.05, 4.69) is 20.7 Å². The maximum Gasteiger partial charge on any atom is 0.242 e. The van der Waals surface area contributed by atoms with Gasteiger partial charge in [-0.05, 0) is 13.8 Å². The lowest BCUT2D eigenvalue weighted by Gasteiger charge is -2.33. The first-order chi connectivity index (χ1) is 8.11. The van der Waals surface area contributed by atoms with Gasteiger partial charge >= 0.3 is 0 Å². The second-order valence-electron chi connectivity index (χ2n) is 4.00. The number of nitrogens with one attached hydrogen (secondary N) is 2. The molecule has 1 aliphatic heterocycles. The fourth-order valence-electron chi connectivity index (χ4n) is 1.86. The number of piperazine rings is 1. The monoisotopic (exact) mass is 236 g/mol. The molecule has 1 atom stereocenters. The summed E-state index contributed by atoms with van der Waals surface area (Å²) in [6.07, 6.45) is 0. The highest BCUT2D eigenvalue weighted by Crippen LogP contribution is 2.18. The number of nitrogens with two attached hydrogens (primary N) is 1. The maximum absolute atomic E-state index is 11.6. The molecule has 1 fully saturated rings. The minimum Gasteiger partial charge on any atom is -0.353 e. The van der Waals surface area contributed by atoms with E-state index < -0.39 is 0 Å². The summed E-state index contributed by atoms with van der Waals surface area (Å²) in [5.41, 5.74) is 3.23. The summed E-state index contributed by atoms with van der Waals surface area (Å²) in [4.78, 5) is 21.9. The average molecular weight is 236 g/mol. The fourth-order valence-corrected chi connectivity index (χ4v) is 1.86. The second kappa shape index (κ2) is 4.54. The van der Waals surface area contributed by atoms with Crippen LogP contribution in [0.1, 0.15) is 12.6 Å². The van der Waals surface area contributed by atoms with E-state index in [1.165, 1.54) is 0 Å². The molecule has 7 nitrogen and oxygen atoms in total. The van der Waals surface area contributed by atoms with E-state index in [1.807, 2.05) is 24.8 Å². The van der Waals surface area contributed by atoms with Gasteiger partial charge in [-0.2, -0.15) is 4.98 Å². The van der Waals surface area contributed by atoms with Crippen molar-refractivity contribution in [1.29, 1.82) is 0 Å². The quantitative estimate of drug-likeness (QED) is 0.468.